The minimum atomic E-state index is -0.791. The Morgan fingerprint density at radius 2 is 1.57 bits per heavy atom. The van der Waals surface area contributed by atoms with Crippen molar-refractivity contribution < 1.29 is 13.3 Å². The van der Waals surface area contributed by atoms with Crippen molar-refractivity contribution in [1.82, 2.24) is 19.7 Å². The summed E-state index contributed by atoms with van der Waals surface area (Å²) in [6.45, 7) is 3.78. The summed E-state index contributed by atoms with van der Waals surface area (Å²) in [4.78, 5) is 32.3. The number of nitrogens with one attached hydrogen (secondary N) is 1. The normalized spacial score (nSPS) is 10.9. The molecule has 3 aromatic carbocycles. The summed E-state index contributed by atoms with van der Waals surface area (Å²) in [6.07, 6.45) is 1.96. The van der Waals surface area contributed by atoms with Crippen LogP contribution >= 0.6 is 0 Å². The van der Waals surface area contributed by atoms with Gasteiger partial charge >= 0.3 is 57.1 Å². The van der Waals surface area contributed by atoms with Gasteiger partial charge < -0.3 is 0 Å². The van der Waals surface area contributed by atoms with Crippen LogP contribution in [0.15, 0.2) is 80.8 Å². The topological polar surface area (TPSA) is 93.8 Å². The van der Waals surface area contributed by atoms with Gasteiger partial charge in [-0.05, 0) is 55.2 Å². The standard InChI is InChI=1S/C30H26F2N4O3.K.H/c1-3-4-14-27-24(29(37)36(18(2)33-27)20-10-6-5-7-11-20)17-23-25(31)15-19(16-26(23)32)21-12-8-9-13-22(21)28-34-30(38)39-35-28;;/h5-13,15-16H,3-4,14,17H2,1-2H3,(H,34,35,38);;. The van der Waals surface area contributed by atoms with Crippen LogP contribution in [0.3, 0.4) is 0 Å². The molecule has 2 aromatic heterocycles. The third-order valence-electron chi connectivity index (χ3n) is 6.64. The van der Waals surface area contributed by atoms with E-state index in [-0.39, 0.29) is 85.9 Å². The Hall–Kier alpha value is -3.02. The van der Waals surface area contributed by atoms with Crippen LogP contribution in [-0.4, -0.2) is 71.1 Å². The van der Waals surface area contributed by atoms with E-state index in [1.54, 1.807) is 43.3 Å². The van der Waals surface area contributed by atoms with Gasteiger partial charge in [-0.15, -0.1) is 0 Å². The van der Waals surface area contributed by atoms with E-state index in [1.807, 2.05) is 25.1 Å². The Morgan fingerprint density at radius 3 is 2.20 bits per heavy atom. The monoisotopic (exact) mass is 568 g/mol. The van der Waals surface area contributed by atoms with Gasteiger partial charge in [-0.3, -0.25) is 18.9 Å². The number of hydrogen-bond acceptors (Lipinski definition) is 5. The van der Waals surface area contributed by atoms with Crippen molar-refractivity contribution in [3.8, 4) is 28.2 Å². The second-order valence-electron chi connectivity index (χ2n) is 9.25. The van der Waals surface area contributed by atoms with Crippen LogP contribution in [0.1, 0.15) is 42.4 Å². The second kappa shape index (κ2) is 13.1. The van der Waals surface area contributed by atoms with E-state index in [2.05, 4.69) is 19.6 Å². The third-order valence-corrected chi connectivity index (χ3v) is 6.64. The van der Waals surface area contributed by atoms with E-state index in [1.165, 1.54) is 16.7 Å². The molecule has 0 saturated carbocycles. The molecule has 0 aliphatic carbocycles. The van der Waals surface area contributed by atoms with Crippen molar-refractivity contribution in [2.45, 2.75) is 39.5 Å². The number of halogens is 2. The predicted molar refractivity (Wildman–Crippen MR) is 151 cm³/mol. The molecule has 40 heavy (non-hydrogen) atoms. The van der Waals surface area contributed by atoms with Crippen molar-refractivity contribution in [2.24, 2.45) is 0 Å². The Bertz CT molecular complexity index is 1740. The number of hydrogen-bond donors (Lipinski definition) is 1. The summed E-state index contributed by atoms with van der Waals surface area (Å²) >= 11 is 0. The van der Waals surface area contributed by atoms with Gasteiger partial charge in [0, 0.05) is 23.1 Å². The first-order valence-corrected chi connectivity index (χ1v) is 12.7. The van der Waals surface area contributed by atoms with Crippen molar-refractivity contribution in [3.63, 3.8) is 0 Å². The molecule has 5 aromatic rings. The molecule has 0 amide bonds. The van der Waals surface area contributed by atoms with Gasteiger partial charge in [-0.2, -0.15) is 0 Å². The number of unbranched alkanes of at least 4 members (excludes halogenated alkanes) is 1. The molecule has 0 saturated heterocycles. The van der Waals surface area contributed by atoms with E-state index >= 15 is 8.78 Å². The Kier molecular flexibility index (Phi) is 9.80. The zero-order chi connectivity index (χ0) is 27.5. The number of rotatable bonds is 8. The van der Waals surface area contributed by atoms with Crippen LogP contribution in [0.25, 0.3) is 28.2 Å². The van der Waals surface area contributed by atoms with Gasteiger partial charge in [0.05, 0.1) is 11.4 Å². The predicted octanol–water partition coefficient (Wildman–Crippen LogP) is 5.11. The van der Waals surface area contributed by atoms with Gasteiger partial charge in [-0.1, -0.05) is 61.0 Å². The first kappa shape index (κ1) is 29.9. The van der Waals surface area contributed by atoms with Gasteiger partial charge in [-0.25, -0.2) is 18.6 Å². The van der Waals surface area contributed by atoms with Crippen LogP contribution in [0.5, 0.6) is 0 Å². The zero-order valence-corrected chi connectivity index (χ0v) is 21.5. The molecule has 0 aliphatic rings. The molecular formula is C30H27F2KN4O3. The molecule has 0 unspecified atom stereocenters. The molecular weight excluding hydrogens is 541 g/mol. The Balaban J connectivity index is 0.00000370. The van der Waals surface area contributed by atoms with Crippen molar-refractivity contribution >= 4 is 51.4 Å². The fourth-order valence-corrected chi connectivity index (χ4v) is 4.72. The molecule has 7 nitrogen and oxygen atoms in total. The van der Waals surface area contributed by atoms with Crippen LogP contribution in [0.4, 0.5) is 8.78 Å². The Labute approximate surface area is 271 Å². The molecule has 0 bridgehead atoms. The average molecular weight is 569 g/mol. The van der Waals surface area contributed by atoms with Gasteiger partial charge in [0.1, 0.15) is 17.5 Å². The first-order chi connectivity index (χ1) is 18.9. The molecule has 0 radical (unpaired) electrons. The summed E-state index contributed by atoms with van der Waals surface area (Å²) in [5, 5.41) is 3.70. The number of aromatic amines is 1. The summed E-state index contributed by atoms with van der Waals surface area (Å²) in [5.41, 5.74) is 2.05. The zero-order valence-electron chi connectivity index (χ0n) is 21.5. The molecule has 0 spiro atoms. The second-order valence-corrected chi connectivity index (χ2v) is 9.25. The van der Waals surface area contributed by atoms with Crippen LogP contribution < -0.4 is 11.3 Å². The third kappa shape index (κ3) is 6.16. The van der Waals surface area contributed by atoms with Crippen LogP contribution in [0, 0.1) is 18.6 Å². The molecule has 200 valence electrons. The van der Waals surface area contributed by atoms with E-state index in [9.17, 15) is 9.59 Å². The fraction of sp³-hybridized carbons (Fsp3) is 0.200. The van der Waals surface area contributed by atoms with E-state index < -0.39 is 17.4 Å². The average Bonchev–Trinajstić information content (AvgIpc) is 3.37. The number of H-pyrrole nitrogens is 1. The summed E-state index contributed by atoms with van der Waals surface area (Å²) in [5.74, 6) is -1.66. The van der Waals surface area contributed by atoms with Gasteiger partial charge in [0.15, 0.2) is 5.82 Å². The van der Waals surface area contributed by atoms with Gasteiger partial charge in [0.25, 0.3) is 5.56 Å². The molecule has 5 rings (SSSR count). The molecule has 10 heteroatoms. The number of aromatic nitrogens is 4. The molecule has 1 N–H and O–H groups in total. The van der Waals surface area contributed by atoms with Gasteiger partial charge in [0.2, 0.25) is 0 Å². The molecule has 0 atom stereocenters. The summed E-state index contributed by atoms with van der Waals surface area (Å²) in [6, 6.07) is 18.3. The number of nitrogens with zero attached hydrogens (tertiary/aromatic N) is 3. The summed E-state index contributed by atoms with van der Waals surface area (Å²) < 4.78 is 37.2. The maximum absolute atomic E-state index is 15.6. The SMILES string of the molecule is CCCCc1nc(C)n(-c2ccccc2)c(=O)c1Cc1c(F)cc(-c2ccccc2-c2noc(=O)[nH]2)cc1F.[KH]. The van der Waals surface area contributed by atoms with E-state index in [0.717, 1.165) is 12.8 Å². The maximum atomic E-state index is 15.6. The number of para-hydroxylation sites is 1. The van der Waals surface area contributed by atoms with Crippen LogP contribution in [-0.2, 0) is 12.8 Å². The number of benzene rings is 3. The first-order valence-electron chi connectivity index (χ1n) is 12.7. The van der Waals surface area contributed by atoms with Crippen LogP contribution in [0.2, 0.25) is 0 Å². The van der Waals surface area contributed by atoms with E-state index in [0.29, 0.717) is 34.8 Å². The fourth-order valence-electron chi connectivity index (χ4n) is 4.72. The summed E-state index contributed by atoms with van der Waals surface area (Å²) in [7, 11) is 0. The Morgan fingerprint density at radius 1 is 0.925 bits per heavy atom. The molecule has 0 aliphatic heterocycles. The molecule has 0 fully saturated rings. The van der Waals surface area contributed by atoms with Crippen molar-refractivity contribution in [3.05, 3.63) is 122 Å². The van der Waals surface area contributed by atoms with Crippen molar-refractivity contribution in [2.75, 3.05) is 0 Å². The van der Waals surface area contributed by atoms with E-state index in [4.69, 9.17) is 0 Å². The minimum absolute atomic E-state index is 0. The van der Waals surface area contributed by atoms with Crippen molar-refractivity contribution in [1.29, 1.82) is 0 Å². The number of aryl methyl sites for hydroxylation is 2. The molecule has 2 heterocycles. The quantitative estimate of drug-likeness (QED) is 0.263.